The third kappa shape index (κ3) is 3.16. The van der Waals surface area contributed by atoms with Crippen molar-refractivity contribution < 1.29 is 4.74 Å². The van der Waals surface area contributed by atoms with Gasteiger partial charge in [0.05, 0.1) is 12.3 Å². The van der Waals surface area contributed by atoms with E-state index in [0.29, 0.717) is 6.61 Å². The number of aryl methyl sites for hydroxylation is 1. The van der Waals surface area contributed by atoms with Gasteiger partial charge in [-0.15, -0.1) is 0 Å². The van der Waals surface area contributed by atoms with Crippen molar-refractivity contribution in [2.75, 3.05) is 19.0 Å². The van der Waals surface area contributed by atoms with Gasteiger partial charge in [0.1, 0.15) is 0 Å². The highest BCUT2D eigenvalue weighted by atomic mass is 79.9. The third-order valence-corrected chi connectivity index (χ3v) is 3.90. The van der Waals surface area contributed by atoms with Gasteiger partial charge in [-0.3, -0.25) is 4.57 Å². The molecule has 0 bridgehead atoms. The lowest BCUT2D eigenvalue weighted by molar-refractivity contribution is 0.190. The Morgan fingerprint density at radius 1 is 1.47 bits per heavy atom. The van der Waals surface area contributed by atoms with E-state index in [0.717, 1.165) is 16.1 Å². The Hall–Kier alpha value is -1.33. The molecule has 102 valence electrons. The molecule has 1 aromatic heterocycles. The summed E-state index contributed by atoms with van der Waals surface area (Å²) < 4.78 is 8.24. The topological polar surface area (TPSA) is 39.1 Å². The Morgan fingerprint density at radius 3 is 3.00 bits per heavy atom. The van der Waals surface area contributed by atoms with E-state index in [9.17, 15) is 0 Å². The Bertz CT molecular complexity index is 553. The Kier molecular flexibility index (Phi) is 4.61. The lowest BCUT2D eigenvalue weighted by Gasteiger charge is -2.16. The lowest BCUT2D eigenvalue weighted by atomic mass is 10.2. The van der Waals surface area contributed by atoms with Gasteiger partial charge in [0.2, 0.25) is 5.95 Å². The first-order valence-electron chi connectivity index (χ1n) is 6.17. The first-order valence-corrected chi connectivity index (χ1v) is 6.97. The second-order valence-corrected chi connectivity index (χ2v) is 5.32. The molecule has 1 heterocycles. The highest BCUT2D eigenvalue weighted by Crippen LogP contribution is 2.26. The van der Waals surface area contributed by atoms with Crippen molar-refractivity contribution in [3.05, 3.63) is 40.6 Å². The average Bonchev–Trinajstić information content (AvgIpc) is 2.81. The highest BCUT2D eigenvalue weighted by molar-refractivity contribution is 9.10. The molecule has 0 spiro atoms. The summed E-state index contributed by atoms with van der Waals surface area (Å²) in [5.41, 5.74) is 2.27. The summed E-state index contributed by atoms with van der Waals surface area (Å²) in [7, 11) is 1.70. The molecule has 0 aliphatic carbocycles. The maximum Gasteiger partial charge on any atom is 0.207 e. The van der Waals surface area contributed by atoms with Crippen LogP contribution in [0.5, 0.6) is 0 Å². The van der Waals surface area contributed by atoms with Crippen molar-refractivity contribution in [1.82, 2.24) is 9.55 Å². The summed E-state index contributed by atoms with van der Waals surface area (Å²) in [5, 5.41) is 3.34. The van der Waals surface area contributed by atoms with Crippen LogP contribution in [0.2, 0.25) is 0 Å². The van der Waals surface area contributed by atoms with E-state index in [4.69, 9.17) is 4.74 Å². The minimum Gasteiger partial charge on any atom is -0.383 e. The number of hydrogen-bond donors (Lipinski definition) is 1. The molecule has 5 heteroatoms. The number of ether oxygens (including phenoxy) is 1. The molecule has 0 aliphatic rings. The van der Waals surface area contributed by atoms with Crippen molar-refractivity contribution in [3.63, 3.8) is 0 Å². The number of rotatable bonds is 5. The highest BCUT2D eigenvalue weighted by Gasteiger charge is 2.11. The van der Waals surface area contributed by atoms with E-state index in [2.05, 4.69) is 52.2 Å². The molecule has 0 aliphatic heterocycles. The van der Waals surface area contributed by atoms with Gasteiger partial charge in [-0.05, 0) is 41.4 Å². The van der Waals surface area contributed by atoms with E-state index in [1.54, 1.807) is 13.3 Å². The van der Waals surface area contributed by atoms with Gasteiger partial charge < -0.3 is 10.1 Å². The van der Waals surface area contributed by atoms with Crippen molar-refractivity contribution >= 4 is 21.9 Å². The van der Waals surface area contributed by atoms with Crippen molar-refractivity contribution in [2.45, 2.75) is 19.9 Å². The number of halogens is 1. The van der Waals surface area contributed by atoms with Gasteiger partial charge >= 0.3 is 0 Å². The van der Waals surface area contributed by atoms with Crippen LogP contribution in [0.3, 0.4) is 0 Å². The average molecular weight is 324 g/mol. The van der Waals surface area contributed by atoms with E-state index in [-0.39, 0.29) is 6.04 Å². The number of anilines is 1. The first-order chi connectivity index (χ1) is 9.13. The minimum absolute atomic E-state index is 0.203. The molecule has 2 aromatic rings. The fourth-order valence-corrected chi connectivity index (χ4v) is 2.39. The maximum absolute atomic E-state index is 5.13. The SMILES string of the molecule is COCC(C)Nc1nccn1-c1cccc(C)c1Br. The van der Waals surface area contributed by atoms with E-state index >= 15 is 0 Å². The molecular formula is C14H18BrN3O. The predicted octanol–water partition coefficient (Wildman–Crippen LogP) is 3.39. The predicted molar refractivity (Wildman–Crippen MR) is 81.0 cm³/mol. The largest absolute Gasteiger partial charge is 0.383 e. The Morgan fingerprint density at radius 2 is 2.26 bits per heavy atom. The zero-order valence-electron chi connectivity index (χ0n) is 11.4. The zero-order chi connectivity index (χ0) is 13.8. The molecule has 19 heavy (non-hydrogen) atoms. The van der Waals surface area contributed by atoms with E-state index in [1.165, 1.54) is 5.56 Å². The smallest absolute Gasteiger partial charge is 0.207 e. The van der Waals surface area contributed by atoms with Gasteiger partial charge in [-0.25, -0.2) is 4.98 Å². The van der Waals surface area contributed by atoms with Crippen molar-refractivity contribution in [3.8, 4) is 5.69 Å². The molecule has 4 nitrogen and oxygen atoms in total. The number of imidazole rings is 1. The second kappa shape index (κ2) is 6.21. The van der Waals surface area contributed by atoms with Crippen LogP contribution in [0.15, 0.2) is 35.1 Å². The van der Waals surface area contributed by atoms with Crippen LogP contribution >= 0.6 is 15.9 Å². The standard InChI is InChI=1S/C14H18BrN3O/c1-10-5-4-6-12(13(10)15)18-8-7-16-14(18)17-11(2)9-19-3/h4-8,11H,9H2,1-3H3,(H,16,17). The van der Waals surface area contributed by atoms with Crippen molar-refractivity contribution in [1.29, 1.82) is 0 Å². The Balaban J connectivity index is 2.31. The molecular weight excluding hydrogens is 306 g/mol. The molecule has 1 aromatic carbocycles. The first kappa shape index (κ1) is 14.1. The van der Waals surface area contributed by atoms with Crippen LogP contribution in [0.25, 0.3) is 5.69 Å². The maximum atomic E-state index is 5.13. The van der Waals surface area contributed by atoms with Crippen LogP contribution in [0.4, 0.5) is 5.95 Å². The molecule has 0 fully saturated rings. The number of aromatic nitrogens is 2. The molecule has 1 N–H and O–H groups in total. The molecule has 0 saturated heterocycles. The van der Waals surface area contributed by atoms with Crippen LogP contribution < -0.4 is 5.32 Å². The van der Waals surface area contributed by atoms with Gasteiger partial charge in [0, 0.05) is 30.0 Å². The van der Waals surface area contributed by atoms with E-state index in [1.807, 2.05) is 16.8 Å². The molecule has 1 atom stereocenters. The van der Waals surface area contributed by atoms with Crippen LogP contribution in [0, 0.1) is 6.92 Å². The zero-order valence-corrected chi connectivity index (χ0v) is 12.9. The van der Waals surface area contributed by atoms with Crippen LogP contribution in [-0.4, -0.2) is 29.3 Å². The number of nitrogens with one attached hydrogen (secondary N) is 1. The fraction of sp³-hybridized carbons (Fsp3) is 0.357. The summed E-state index contributed by atoms with van der Waals surface area (Å²) in [6.07, 6.45) is 3.73. The van der Waals surface area contributed by atoms with Crippen LogP contribution in [0.1, 0.15) is 12.5 Å². The molecule has 0 amide bonds. The summed E-state index contributed by atoms with van der Waals surface area (Å²) in [6, 6.07) is 6.38. The molecule has 1 unspecified atom stereocenters. The summed E-state index contributed by atoms with van der Waals surface area (Å²) in [4.78, 5) is 4.36. The van der Waals surface area contributed by atoms with Gasteiger partial charge in [0.15, 0.2) is 0 Å². The number of nitrogens with zero attached hydrogens (tertiary/aromatic N) is 2. The number of hydrogen-bond acceptors (Lipinski definition) is 3. The fourth-order valence-electron chi connectivity index (χ4n) is 1.93. The van der Waals surface area contributed by atoms with Gasteiger partial charge in [0.25, 0.3) is 0 Å². The quantitative estimate of drug-likeness (QED) is 0.916. The number of benzene rings is 1. The third-order valence-electron chi connectivity index (χ3n) is 2.86. The van der Waals surface area contributed by atoms with Gasteiger partial charge in [-0.1, -0.05) is 12.1 Å². The number of methoxy groups -OCH3 is 1. The van der Waals surface area contributed by atoms with E-state index < -0.39 is 0 Å². The molecule has 0 radical (unpaired) electrons. The minimum atomic E-state index is 0.203. The molecule has 0 saturated carbocycles. The van der Waals surface area contributed by atoms with Crippen LogP contribution in [-0.2, 0) is 4.74 Å². The summed E-state index contributed by atoms with van der Waals surface area (Å²) >= 11 is 3.63. The lowest BCUT2D eigenvalue weighted by Crippen LogP contribution is -2.22. The van der Waals surface area contributed by atoms with Crippen molar-refractivity contribution in [2.24, 2.45) is 0 Å². The normalized spacial score (nSPS) is 12.4. The summed E-state index contributed by atoms with van der Waals surface area (Å²) in [5.74, 6) is 0.816. The monoisotopic (exact) mass is 323 g/mol. The Labute approximate surface area is 121 Å². The molecule has 2 rings (SSSR count). The van der Waals surface area contributed by atoms with Gasteiger partial charge in [-0.2, -0.15) is 0 Å². The summed E-state index contributed by atoms with van der Waals surface area (Å²) in [6.45, 7) is 4.78. The second-order valence-electron chi connectivity index (χ2n) is 4.53.